The first kappa shape index (κ1) is 19.9. The molecule has 0 saturated carbocycles. The van der Waals surface area contributed by atoms with E-state index in [1.807, 2.05) is 0 Å². The average molecular weight is 396 g/mol. The lowest BCUT2D eigenvalue weighted by Crippen LogP contribution is -2.46. The number of esters is 1. The summed E-state index contributed by atoms with van der Waals surface area (Å²) >= 11 is 0. The Morgan fingerprint density at radius 2 is 1.93 bits per heavy atom. The highest BCUT2D eigenvalue weighted by Gasteiger charge is 2.38. The number of nitro benzene ring substituents is 1. The van der Waals surface area contributed by atoms with Crippen LogP contribution in [0.1, 0.15) is 24.1 Å². The Balaban J connectivity index is 2.29. The van der Waals surface area contributed by atoms with Gasteiger partial charge in [0.15, 0.2) is 0 Å². The van der Waals surface area contributed by atoms with Gasteiger partial charge >= 0.3 is 12.0 Å². The van der Waals surface area contributed by atoms with Crippen LogP contribution in [0, 0.1) is 10.1 Å². The fourth-order valence-corrected chi connectivity index (χ4v) is 3.19. The normalized spacial score (nSPS) is 16.4. The van der Waals surface area contributed by atoms with Crippen molar-refractivity contribution in [3.05, 3.63) is 75.3 Å². The van der Waals surface area contributed by atoms with Gasteiger partial charge in [-0.2, -0.15) is 0 Å². The lowest BCUT2D eigenvalue weighted by atomic mass is 9.91. The zero-order valence-electron chi connectivity index (χ0n) is 15.7. The molecule has 0 fully saturated rings. The number of nitrogens with zero attached hydrogens (tertiary/aromatic N) is 2. The first-order chi connectivity index (χ1) is 13.8. The van der Waals surface area contributed by atoms with Crippen LogP contribution in [0.4, 0.5) is 10.5 Å². The van der Waals surface area contributed by atoms with Gasteiger partial charge in [0.2, 0.25) is 0 Å². The molecule has 150 valence electrons. The van der Waals surface area contributed by atoms with E-state index >= 15 is 0 Å². The monoisotopic (exact) mass is 396 g/mol. The van der Waals surface area contributed by atoms with Gasteiger partial charge in [-0.15, -0.1) is 5.75 Å². The SMILES string of the molecule is CCOC(=O)C1=C(c2ccccc2)N(C)C(=O)N[C@@H]1c1cc([N+](=O)[O-])ccc1[O-]. The Bertz CT molecular complexity index is 1000. The molecule has 3 rings (SSSR count). The minimum atomic E-state index is -1.19. The van der Waals surface area contributed by atoms with Gasteiger partial charge in [-0.05, 0) is 18.1 Å². The molecule has 0 saturated heterocycles. The maximum Gasteiger partial charge on any atom is 0.338 e. The number of nitrogens with one attached hydrogen (secondary N) is 1. The highest BCUT2D eigenvalue weighted by Crippen LogP contribution is 2.39. The number of non-ortho nitro benzene ring substituents is 1. The molecule has 1 heterocycles. The molecule has 9 heteroatoms. The second-order valence-electron chi connectivity index (χ2n) is 6.27. The van der Waals surface area contributed by atoms with E-state index in [0.717, 1.165) is 18.2 Å². The average Bonchev–Trinajstić information content (AvgIpc) is 2.70. The molecule has 9 nitrogen and oxygen atoms in total. The molecule has 2 aromatic carbocycles. The third-order valence-electron chi connectivity index (χ3n) is 4.51. The van der Waals surface area contributed by atoms with Crippen LogP contribution in [-0.2, 0) is 9.53 Å². The number of hydrogen-bond acceptors (Lipinski definition) is 6. The largest absolute Gasteiger partial charge is 0.872 e. The molecule has 0 aliphatic carbocycles. The number of amides is 2. The maximum atomic E-state index is 12.9. The van der Waals surface area contributed by atoms with Crippen molar-refractivity contribution in [3.8, 4) is 5.75 Å². The van der Waals surface area contributed by atoms with Crippen molar-refractivity contribution in [3.63, 3.8) is 0 Å². The minimum Gasteiger partial charge on any atom is -0.872 e. The smallest absolute Gasteiger partial charge is 0.338 e. The highest BCUT2D eigenvalue weighted by molar-refractivity contribution is 6.04. The van der Waals surface area contributed by atoms with Crippen LogP contribution >= 0.6 is 0 Å². The molecule has 0 aromatic heterocycles. The second kappa shape index (κ2) is 8.01. The van der Waals surface area contributed by atoms with E-state index in [1.54, 1.807) is 37.3 Å². The molecular weight excluding hydrogens is 378 g/mol. The highest BCUT2D eigenvalue weighted by atomic mass is 16.6. The van der Waals surface area contributed by atoms with Crippen LogP contribution in [-0.4, -0.2) is 35.5 Å². The molecule has 2 amide bonds. The third-order valence-corrected chi connectivity index (χ3v) is 4.51. The number of carbonyl (C=O) groups is 2. The zero-order valence-corrected chi connectivity index (χ0v) is 15.7. The fourth-order valence-electron chi connectivity index (χ4n) is 3.19. The summed E-state index contributed by atoms with van der Waals surface area (Å²) in [5.74, 6) is -1.27. The van der Waals surface area contributed by atoms with Gasteiger partial charge in [0.05, 0.1) is 28.8 Å². The van der Waals surface area contributed by atoms with Gasteiger partial charge in [-0.25, -0.2) is 9.59 Å². The lowest BCUT2D eigenvalue weighted by Gasteiger charge is -2.36. The topological polar surface area (TPSA) is 125 Å². The first-order valence-corrected chi connectivity index (χ1v) is 8.81. The Morgan fingerprint density at radius 3 is 2.55 bits per heavy atom. The predicted molar refractivity (Wildman–Crippen MR) is 102 cm³/mol. The van der Waals surface area contributed by atoms with Crippen LogP contribution in [0.25, 0.3) is 5.70 Å². The maximum absolute atomic E-state index is 12.9. The number of benzene rings is 2. The van der Waals surface area contributed by atoms with Gasteiger partial charge in [0, 0.05) is 19.2 Å². The van der Waals surface area contributed by atoms with Crippen LogP contribution in [0.5, 0.6) is 5.75 Å². The summed E-state index contributed by atoms with van der Waals surface area (Å²) in [6.07, 6.45) is 0. The van der Waals surface area contributed by atoms with Gasteiger partial charge in [-0.3, -0.25) is 15.0 Å². The second-order valence-corrected chi connectivity index (χ2v) is 6.27. The molecule has 0 bridgehead atoms. The summed E-state index contributed by atoms with van der Waals surface area (Å²) in [6, 6.07) is 10.1. The molecule has 0 spiro atoms. The van der Waals surface area contributed by atoms with Crippen molar-refractivity contribution in [1.82, 2.24) is 10.2 Å². The molecule has 1 aliphatic heterocycles. The van der Waals surface area contributed by atoms with Crippen LogP contribution in [0.2, 0.25) is 0 Å². The quantitative estimate of drug-likeness (QED) is 0.470. The molecule has 1 aliphatic rings. The number of urea groups is 1. The summed E-state index contributed by atoms with van der Waals surface area (Å²) < 4.78 is 5.18. The van der Waals surface area contributed by atoms with Crippen molar-refractivity contribution in [2.75, 3.05) is 13.7 Å². The zero-order chi connectivity index (χ0) is 21.1. The summed E-state index contributed by atoms with van der Waals surface area (Å²) in [4.78, 5) is 37.2. The Labute approximate surface area is 166 Å². The molecule has 0 unspecified atom stereocenters. The number of ether oxygens (including phenoxy) is 1. The molecule has 1 atom stereocenters. The summed E-state index contributed by atoms with van der Waals surface area (Å²) in [7, 11) is 1.48. The van der Waals surface area contributed by atoms with Gasteiger partial charge < -0.3 is 15.2 Å². The van der Waals surface area contributed by atoms with Crippen molar-refractivity contribution in [1.29, 1.82) is 0 Å². The fraction of sp³-hybridized carbons (Fsp3) is 0.200. The number of nitro groups is 1. The Kier molecular flexibility index (Phi) is 5.49. The van der Waals surface area contributed by atoms with E-state index in [1.165, 1.54) is 11.9 Å². The molecule has 2 aromatic rings. The lowest BCUT2D eigenvalue weighted by molar-refractivity contribution is -0.385. The van der Waals surface area contributed by atoms with E-state index in [2.05, 4.69) is 5.32 Å². The van der Waals surface area contributed by atoms with Crippen molar-refractivity contribution in [2.24, 2.45) is 0 Å². The third kappa shape index (κ3) is 3.75. The van der Waals surface area contributed by atoms with Crippen LogP contribution in [0.15, 0.2) is 54.1 Å². The number of hydrogen-bond donors (Lipinski definition) is 1. The van der Waals surface area contributed by atoms with Crippen LogP contribution < -0.4 is 10.4 Å². The number of carbonyl (C=O) groups excluding carboxylic acids is 2. The van der Waals surface area contributed by atoms with E-state index in [4.69, 9.17) is 4.74 Å². The summed E-state index contributed by atoms with van der Waals surface area (Å²) in [6.45, 7) is 1.71. The van der Waals surface area contributed by atoms with Gasteiger partial charge in [0.25, 0.3) is 5.69 Å². The molecule has 29 heavy (non-hydrogen) atoms. The molecule has 0 radical (unpaired) electrons. The van der Waals surface area contributed by atoms with Gasteiger partial charge in [0.1, 0.15) is 0 Å². The Morgan fingerprint density at radius 1 is 1.24 bits per heavy atom. The summed E-state index contributed by atoms with van der Waals surface area (Å²) in [5.41, 5.74) is 0.451. The standard InChI is InChI=1S/C20H19N3O6/c1-3-29-19(25)16-17(14-11-13(23(27)28)9-10-15(14)24)21-20(26)22(2)18(16)12-7-5-4-6-8-12/h4-11,17,24H,3H2,1-2H3,(H,21,26)/p-1/t17-/m1/s1. The minimum absolute atomic E-state index is 0.0257. The van der Waals surface area contributed by atoms with E-state index in [-0.39, 0.29) is 29.1 Å². The van der Waals surface area contributed by atoms with E-state index < -0.39 is 28.7 Å². The first-order valence-electron chi connectivity index (χ1n) is 8.81. The van der Waals surface area contributed by atoms with Crippen molar-refractivity contribution in [2.45, 2.75) is 13.0 Å². The van der Waals surface area contributed by atoms with Crippen LogP contribution in [0.3, 0.4) is 0 Å². The van der Waals surface area contributed by atoms with Gasteiger partial charge in [-0.1, -0.05) is 36.4 Å². The predicted octanol–water partition coefficient (Wildman–Crippen LogP) is 2.34. The summed E-state index contributed by atoms with van der Waals surface area (Å²) in [5, 5.41) is 26.2. The Hall–Kier alpha value is -3.88. The van der Waals surface area contributed by atoms with E-state index in [0.29, 0.717) is 5.56 Å². The van der Waals surface area contributed by atoms with E-state index in [9.17, 15) is 24.8 Å². The van der Waals surface area contributed by atoms with Crippen molar-refractivity contribution >= 4 is 23.4 Å². The molecule has 1 N–H and O–H groups in total. The number of rotatable bonds is 5. The van der Waals surface area contributed by atoms with Crippen molar-refractivity contribution < 1.29 is 24.4 Å². The molecular formula is C20H18N3O6-.